The summed E-state index contributed by atoms with van der Waals surface area (Å²) in [4.78, 5) is 34.2. The van der Waals surface area contributed by atoms with Gasteiger partial charge in [-0.1, -0.05) is 83.5 Å². The molecule has 304 valence electrons. The summed E-state index contributed by atoms with van der Waals surface area (Å²) in [6.45, 7) is 4.54. The summed E-state index contributed by atoms with van der Waals surface area (Å²) in [6, 6.07) is -1.83. The van der Waals surface area contributed by atoms with Crippen molar-refractivity contribution in [2.24, 2.45) is 17.8 Å². The molecule has 2 amide bonds. The number of halogens is 2. The number of carbonyl (C=O) groups excluding carboxylic acids is 2. The highest BCUT2D eigenvalue weighted by atomic mass is 19.1. The third-order valence-electron chi connectivity index (χ3n) is 14.1. The number of fused-ring (bicyclic) bond motifs is 1. The highest BCUT2D eigenvalue weighted by Crippen LogP contribution is 2.41. The Morgan fingerprint density at radius 3 is 1.94 bits per heavy atom. The Kier molecular flexibility index (Phi) is 13.7. The highest BCUT2D eigenvalue weighted by molar-refractivity contribution is 6.03. The number of hydrogen-bond acceptors (Lipinski definition) is 8. The third-order valence-corrected chi connectivity index (χ3v) is 14.1. The van der Waals surface area contributed by atoms with E-state index in [1.807, 2.05) is 4.90 Å². The molecule has 0 aromatic carbocycles. The molecule has 6 aliphatic rings. The molecule has 2 saturated carbocycles. The van der Waals surface area contributed by atoms with E-state index >= 15 is 8.78 Å². The molecule has 7 unspecified atom stereocenters. The quantitative estimate of drug-likeness (QED) is 0.299. The van der Waals surface area contributed by atoms with Crippen molar-refractivity contribution in [3.63, 3.8) is 0 Å². The van der Waals surface area contributed by atoms with Gasteiger partial charge in [-0.15, -0.1) is 0 Å². The van der Waals surface area contributed by atoms with Crippen LogP contribution in [0.25, 0.3) is 0 Å². The summed E-state index contributed by atoms with van der Waals surface area (Å²) in [7, 11) is 2.06. The Bertz CT molecular complexity index is 1370. The van der Waals surface area contributed by atoms with Crippen molar-refractivity contribution < 1.29 is 18.4 Å². The molecule has 1 aromatic rings. The average molecular weight is 758 g/mol. The van der Waals surface area contributed by atoms with Crippen LogP contribution in [-0.2, 0) is 4.79 Å². The number of piperazine rings is 1. The van der Waals surface area contributed by atoms with Gasteiger partial charge >= 0.3 is 0 Å². The topological polar surface area (TPSA) is 124 Å². The van der Waals surface area contributed by atoms with Gasteiger partial charge in [0, 0.05) is 51.9 Å². The normalized spacial score (nSPS) is 33.5. The van der Waals surface area contributed by atoms with E-state index in [-0.39, 0.29) is 47.6 Å². The zero-order valence-corrected chi connectivity index (χ0v) is 33.0. The number of rotatable bonds is 6. The molecule has 5 heterocycles. The number of nitrogens with one attached hydrogen (secondary N) is 3. The van der Waals surface area contributed by atoms with Crippen LogP contribution in [0.2, 0.25) is 0 Å². The SMILES string of the molecule is CN1CCC(C(=O)N2CCN(C3C(NC(=O)c4c(N)nn5c4NCC(F)C5C4CCCCCCCCC4)CNC(C4CCCCCCCC4)C3F)CC2)C1. The molecule has 7 atom stereocenters. The van der Waals surface area contributed by atoms with Crippen LogP contribution in [0.3, 0.4) is 0 Å². The highest BCUT2D eigenvalue weighted by Gasteiger charge is 2.48. The number of hydrogen-bond donors (Lipinski definition) is 4. The van der Waals surface area contributed by atoms with Crippen molar-refractivity contribution in [3.8, 4) is 0 Å². The van der Waals surface area contributed by atoms with E-state index in [0.717, 1.165) is 83.7 Å². The summed E-state index contributed by atoms with van der Waals surface area (Å²) in [6.07, 6.45) is 17.8. The van der Waals surface area contributed by atoms with Gasteiger partial charge in [-0.2, -0.15) is 5.10 Å². The monoisotopic (exact) mass is 758 g/mol. The van der Waals surface area contributed by atoms with Gasteiger partial charge in [-0.25, -0.2) is 13.5 Å². The first kappa shape index (κ1) is 39.7. The second-order valence-corrected chi connectivity index (χ2v) is 17.8. The number of aromatic nitrogens is 2. The lowest BCUT2D eigenvalue weighted by molar-refractivity contribution is -0.137. The molecule has 0 bridgehead atoms. The van der Waals surface area contributed by atoms with E-state index in [2.05, 4.69) is 37.9 Å². The zero-order chi connectivity index (χ0) is 37.6. The van der Waals surface area contributed by atoms with Crippen LogP contribution in [0.1, 0.15) is 132 Å². The zero-order valence-electron chi connectivity index (χ0n) is 33.0. The van der Waals surface area contributed by atoms with Gasteiger partial charge in [0.05, 0.1) is 24.0 Å². The molecular formula is C41H69F2N9O2. The van der Waals surface area contributed by atoms with E-state index in [9.17, 15) is 9.59 Å². The fourth-order valence-electron chi connectivity index (χ4n) is 11.1. The van der Waals surface area contributed by atoms with Crippen LogP contribution < -0.4 is 21.7 Å². The van der Waals surface area contributed by atoms with E-state index in [1.165, 1.54) is 44.9 Å². The first-order chi connectivity index (χ1) is 26.3. The average Bonchev–Trinajstić information content (AvgIpc) is 3.79. The number of piperidine rings is 1. The number of amides is 2. The third kappa shape index (κ3) is 9.03. The van der Waals surface area contributed by atoms with Crippen molar-refractivity contribution in [2.45, 2.75) is 152 Å². The second-order valence-electron chi connectivity index (χ2n) is 17.8. The number of likely N-dealkylation sites (tertiary alicyclic amines) is 1. The number of anilines is 2. The van der Waals surface area contributed by atoms with E-state index < -0.39 is 36.4 Å². The van der Waals surface area contributed by atoms with Gasteiger partial charge in [-0.3, -0.25) is 14.5 Å². The first-order valence-corrected chi connectivity index (χ1v) is 22.0. The van der Waals surface area contributed by atoms with E-state index in [0.29, 0.717) is 38.5 Å². The number of nitrogens with zero attached hydrogens (tertiary/aromatic N) is 5. The lowest BCUT2D eigenvalue weighted by Gasteiger charge is -2.49. The van der Waals surface area contributed by atoms with Crippen molar-refractivity contribution in [2.75, 3.05) is 70.5 Å². The molecule has 13 heteroatoms. The molecule has 3 saturated heterocycles. The number of nitrogens with two attached hydrogens (primary N) is 1. The number of nitrogen functional groups attached to an aromatic ring is 1. The molecule has 0 spiro atoms. The molecule has 4 aliphatic heterocycles. The maximum Gasteiger partial charge on any atom is 0.259 e. The van der Waals surface area contributed by atoms with Crippen LogP contribution in [0, 0.1) is 17.8 Å². The maximum absolute atomic E-state index is 17.3. The summed E-state index contributed by atoms with van der Waals surface area (Å²) in [5.74, 6) is 0.779. The lowest BCUT2D eigenvalue weighted by atomic mass is 9.80. The van der Waals surface area contributed by atoms with Crippen molar-refractivity contribution in [1.82, 2.24) is 35.1 Å². The predicted molar refractivity (Wildman–Crippen MR) is 210 cm³/mol. The van der Waals surface area contributed by atoms with Gasteiger partial charge in [-0.05, 0) is 57.5 Å². The Labute approximate surface area is 322 Å². The number of alkyl halides is 2. The van der Waals surface area contributed by atoms with Gasteiger partial charge in [0.15, 0.2) is 5.82 Å². The fourth-order valence-corrected chi connectivity index (χ4v) is 11.1. The number of carbonyl (C=O) groups is 2. The molecular weight excluding hydrogens is 689 g/mol. The lowest BCUT2D eigenvalue weighted by Crippen LogP contribution is -2.71. The first-order valence-electron chi connectivity index (χ1n) is 22.0. The van der Waals surface area contributed by atoms with E-state index in [4.69, 9.17) is 5.73 Å². The maximum atomic E-state index is 17.3. The summed E-state index contributed by atoms with van der Waals surface area (Å²) < 4.78 is 34.9. The smallest absolute Gasteiger partial charge is 0.259 e. The Morgan fingerprint density at radius 1 is 0.759 bits per heavy atom. The van der Waals surface area contributed by atoms with Crippen molar-refractivity contribution >= 4 is 23.5 Å². The summed E-state index contributed by atoms with van der Waals surface area (Å²) >= 11 is 0. The minimum atomic E-state index is -1.19. The predicted octanol–water partition coefficient (Wildman–Crippen LogP) is 5.53. The van der Waals surface area contributed by atoms with Gasteiger partial charge in [0.25, 0.3) is 5.91 Å². The minimum absolute atomic E-state index is 0.0311. The Balaban J connectivity index is 1.09. The molecule has 54 heavy (non-hydrogen) atoms. The van der Waals surface area contributed by atoms with Crippen LogP contribution in [0.4, 0.5) is 20.4 Å². The van der Waals surface area contributed by atoms with Crippen molar-refractivity contribution in [1.29, 1.82) is 0 Å². The Hall–Kier alpha value is -2.51. The van der Waals surface area contributed by atoms with Gasteiger partial charge < -0.3 is 31.5 Å². The molecule has 5 fully saturated rings. The van der Waals surface area contributed by atoms with Crippen LogP contribution in [-0.4, -0.2) is 126 Å². The van der Waals surface area contributed by atoms with E-state index in [1.54, 1.807) is 4.68 Å². The molecule has 0 radical (unpaired) electrons. The standard InChI is InChI=1S/C41H69F2N9O2/c1-49-20-19-30(27-49)41(54)51-23-21-50(22-24-51)37-32(26-45-35(34(37)43)28-15-11-7-5-6-8-12-16-28)47-40(53)33-38(44)48-52-36(31(42)25-46-39(33)52)29-17-13-9-3-2-4-10-14-18-29/h28-32,34-37,45-46H,2-27H2,1H3,(H2,44,48)(H,47,53). The molecule has 1 aromatic heterocycles. The Morgan fingerprint density at radius 2 is 1.35 bits per heavy atom. The summed E-state index contributed by atoms with van der Waals surface area (Å²) in [5, 5.41) is 14.6. The molecule has 7 rings (SSSR count). The van der Waals surface area contributed by atoms with Crippen molar-refractivity contribution in [3.05, 3.63) is 5.56 Å². The second kappa shape index (κ2) is 18.6. The van der Waals surface area contributed by atoms with Crippen LogP contribution in [0.15, 0.2) is 0 Å². The van der Waals surface area contributed by atoms with Crippen LogP contribution >= 0.6 is 0 Å². The molecule has 11 nitrogen and oxygen atoms in total. The van der Waals surface area contributed by atoms with Gasteiger partial charge in [0.2, 0.25) is 5.91 Å². The van der Waals surface area contributed by atoms with Crippen LogP contribution in [0.5, 0.6) is 0 Å². The minimum Gasteiger partial charge on any atom is -0.381 e. The largest absolute Gasteiger partial charge is 0.381 e. The molecule has 5 N–H and O–H groups in total. The van der Waals surface area contributed by atoms with Gasteiger partial charge in [0.1, 0.15) is 23.7 Å². The summed E-state index contributed by atoms with van der Waals surface area (Å²) in [5.41, 5.74) is 6.77. The fraction of sp³-hybridized carbons (Fsp3) is 0.878. The molecule has 2 aliphatic carbocycles.